The van der Waals surface area contributed by atoms with Crippen molar-refractivity contribution in [2.75, 3.05) is 32.8 Å². The first-order chi connectivity index (χ1) is 6.18. The molecule has 74 valence electrons. The third kappa shape index (κ3) is 4.41. The van der Waals surface area contributed by atoms with Crippen molar-refractivity contribution < 1.29 is 14.3 Å². The molecule has 1 amide bonds. The predicted molar refractivity (Wildman–Crippen MR) is 54.8 cm³/mol. The lowest BCUT2D eigenvalue weighted by molar-refractivity contribution is -0.124. The van der Waals surface area contributed by atoms with E-state index in [1.807, 2.05) is 4.90 Å². The zero-order valence-corrected chi connectivity index (χ0v) is 9.24. The van der Waals surface area contributed by atoms with Gasteiger partial charge in [-0.25, -0.2) is 4.79 Å². The maximum Gasteiger partial charge on any atom is 0.367 e. The topological polar surface area (TPSA) is 58.6 Å². The number of hydrogen-bond acceptors (Lipinski definition) is 4. The summed E-state index contributed by atoms with van der Waals surface area (Å²) in [7, 11) is 0. The van der Waals surface area contributed by atoms with Crippen LogP contribution < -0.4 is 5.32 Å². The molecule has 0 aromatic heterocycles. The molecule has 1 rings (SSSR count). The second-order valence-electron chi connectivity index (χ2n) is 2.71. The normalized spacial score (nSPS) is 18.1. The van der Waals surface area contributed by atoms with Gasteiger partial charge in [0.15, 0.2) is 0 Å². The highest BCUT2D eigenvalue weighted by molar-refractivity contribution is 14.1. The van der Waals surface area contributed by atoms with Gasteiger partial charge in [0.1, 0.15) is 6.61 Å². The van der Waals surface area contributed by atoms with Crippen LogP contribution in [0.4, 0.5) is 4.79 Å². The van der Waals surface area contributed by atoms with Gasteiger partial charge < -0.3 is 10.1 Å². The molecule has 0 atom stereocenters. The number of hydrogen-bond donors (Lipinski definition) is 1. The lowest BCUT2D eigenvalue weighted by Gasteiger charge is -2.25. The molecule has 5 nitrogen and oxygen atoms in total. The van der Waals surface area contributed by atoms with Gasteiger partial charge in [0.05, 0.1) is 29.1 Å². The molecular weight excluding hydrogens is 287 g/mol. The molecule has 1 fully saturated rings. The van der Waals surface area contributed by atoms with Gasteiger partial charge in [0, 0.05) is 19.6 Å². The van der Waals surface area contributed by atoms with Crippen LogP contribution in [0.3, 0.4) is 0 Å². The highest BCUT2D eigenvalue weighted by Gasteiger charge is 2.15. The predicted octanol–water partition coefficient (Wildman–Crippen LogP) is -0.0102. The molecule has 0 radical (unpaired) electrons. The minimum atomic E-state index is -0.306. The Bertz CT molecular complexity index is 210. The zero-order valence-electron chi connectivity index (χ0n) is 7.09. The van der Waals surface area contributed by atoms with Crippen LogP contribution in [0.25, 0.3) is 0 Å². The van der Waals surface area contributed by atoms with E-state index in [0.29, 0.717) is 26.2 Å². The van der Waals surface area contributed by atoms with E-state index in [0.717, 1.165) is 6.54 Å². The second-order valence-corrected chi connectivity index (χ2v) is 3.59. The molecule has 1 heterocycles. The Labute approximate surface area is 89.9 Å². The van der Waals surface area contributed by atoms with E-state index in [-0.39, 0.29) is 9.88 Å². The molecule has 1 aliphatic rings. The molecular formula is C7H11IN2O3. The summed E-state index contributed by atoms with van der Waals surface area (Å²) in [5.74, 6) is 0.0343. The van der Waals surface area contributed by atoms with Gasteiger partial charge >= 0.3 is 3.98 Å². The number of carbonyl (C=O) groups excluding carboxylic acids is 2. The molecule has 0 saturated carbocycles. The van der Waals surface area contributed by atoms with Crippen molar-refractivity contribution in [2.24, 2.45) is 0 Å². The number of nitrogens with zero attached hydrogens (tertiary/aromatic N) is 1. The molecule has 0 spiro atoms. The summed E-state index contributed by atoms with van der Waals surface area (Å²) in [5.41, 5.74) is 0. The first-order valence-corrected chi connectivity index (χ1v) is 5.07. The fraction of sp³-hybridized carbons (Fsp3) is 0.714. The van der Waals surface area contributed by atoms with E-state index >= 15 is 0 Å². The van der Waals surface area contributed by atoms with Gasteiger partial charge in [0.2, 0.25) is 5.91 Å². The summed E-state index contributed by atoms with van der Waals surface area (Å²) >= 11 is 1.58. The number of halogens is 1. The Hall–Kier alpha value is -0.370. The third-order valence-corrected chi connectivity index (χ3v) is 2.05. The Morgan fingerprint density at radius 1 is 1.69 bits per heavy atom. The Morgan fingerprint density at radius 2 is 2.46 bits per heavy atom. The number of ether oxygens (including phenoxy) is 1. The fourth-order valence-corrected chi connectivity index (χ4v) is 1.36. The fourth-order valence-electron chi connectivity index (χ4n) is 1.14. The molecule has 0 unspecified atom stereocenters. The van der Waals surface area contributed by atoms with Crippen LogP contribution in [0.1, 0.15) is 0 Å². The van der Waals surface area contributed by atoms with Crippen molar-refractivity contribution in [3.8, 4) is 0 Å². The van der Waals surface area contributed by atoms with Gasteiger partial charge in [-0.05, 0) is 0 Å². The number of rotatable bonds is 3. The number of carbonyl (C=O) groups is 2. The van der Waals surface area contributed by atoms with Crippen LogP contribution in [0.5, 0.6) is 0 Å². The SMILES string of the molecule is O=C1CN(CCOC(=O)I)CCN1. The number of piperazine rings is 1. The van der Waals surface area contributed by atoms with Crippen LogP contribution in [0.2, 0.25) is 0 Å². The van der Waals surface area contributed by atoms with E-state index in [1.165, 1.54) is 0 Å². The summed E-state index contributed by atoms with van der Waals surface area (Å²) in [5, 5.41) is 2.72. The highest BCUT2D eigenvalue weighted by Crippen LogP contribution is 1.95. The largest absolute Gasteiger partial charge is 0.457 e. The number of nitrogens with one attached hydrogen (secondary N) is 1. The first-order valence-electron chi connectivity index (χ1n) is 4.00. The summed E-state index contributed by atoms with van der Waals surface area (Å²) in [6, 6.07) is 0. The first kappa shape index (κ1) is 10.7. The van der Waals surface area contributed by atoms with Crippen LogP contribution in [-0.2, 0) is 9.53 Å². The summed E-state index contributed by atoms with van der Waals surface area (Å²) in [6.45, 7) is 2.89. The maximum atomic E-state index is 10.9. The molecule has 1 N–H and O–H groups in total. The van der Waals surface area contributed by atoms with Crippen LogP contribution in [0, 0.1) is 0 Å². The van der Waals surface area contributed by atoms with E-state index in [1.54, 1.807) is 22.6 Å². The Balaban J connectivity index is 2.13. The lowest BCUT2D eigenvalue weighted by Crippen LogP contribution is -2.48. The molecule has 1 aliphatic heterocycles. The Morgan fingerprint density at radius 3 is 3.08 bits per heavy atom. The monoisotopic (exact) mass is 298 g/mol. The third-order valence-electron chi connectivity index (χ3n) is 1.74. The molecule has 0 aromatic rings. The summed E-state index contributed by atoms with van der Waals surface area (Å²) < 4.78 is 4.45. The van der Waals surface area contributed by atoms with Gasteiger partial charge in [-0.3, -0.25) is 9.69 Å². The maximum absolute atomic E-state index is 10.9. The van der Waals surface area contributed by atoms with Gasteiger partial charge in [-0.2, -0.15) is 0 Å². The molecule has 0 bridgehead atoms. The standard InChI is InChI=1S/C7H11IN2O3/c8-7(12)13-4-3-10-2-1-9-6(11)5-10/h1-5H2,(H,9,11). The van der Waals surface area contributed by atoms with Crippen molar-refractivity contribution in [1.82, 2.24) is 10.2 Å². The minimum Gasteiger partial charge on any atom is -0.457 e. The molecule has 1 saturated heterocycles. The zero-order chi connectivity index (χ0) is 9.68. The van der Waals surface area contributed by atoms with Gasteiger partial charge in [-0.15, -0.1) is 0 Å². The van der Waals surface area contributed by atoms with Crippen LogP contribution >= 0.6 is 22.6 Å². The average molecular weight is 298 g/mol. The molecule has 13 heavy (non-hydrogen) atoms. The van der Waals surface area contributed by atoms with Crippen molar-refractivity contribution in [3.05, 3.63) is 0 Å². The molecule has 0 aromatic carbocycles. The van der Waals surface area contributed by atoms with Crippen molar-refractivity contribution in [2.45, 2.75) is 0 Å². The van der Waals surface area contributed by atoms with E-state index in [2.05, 4.69) is 5.32 Å². The van der Waals surface area contributed by atoms with Crippen LogP contribution in [0.15, 0.2) is 0 Å². The van der Waals surface area contributed by atoms with Crippen molar-refractivity contribution in [1.29, 1.82) is 0 Å². The van der Waals surface area contributed by atoms with Crippen molar-refractivity contribution in [3.63, 3.8) is 0 Å². The molecule has 0 aliphatic carbocycles. The van der Waals surface area contributed by atoms with E-state index < -0.39 is 0 Å². The quantitative estimate of drug-likeness (QED) is 0.588. The summed E-state index contributed by atoms with van der Waals surface area (Å²) in [4.78, 5) is 23.3. The summed E-state index contributed by atoms with van der Waals surface area (Å²) in [6.07, 6.45) is 0. The smallest absolute Gasteiger partial charge is 0.367 e. The Kier molecular flexibility index (Phi) is 4.43. The number of amides is 1. The molecule has 6 heteroatoms. The van der Waals surface area contributed by atoms with Crippen LogP contribution in [-0.4, -0.2) is 47.6 Å². The average Bonchev–Trinajstić information content (AvgIpc) is 2.03. The van der Waals surface area contributed by atoms with Gasteiger partial charge in [-0.1, -0.05) is 0 Å². The van der Waals surface area contributed by atoms with E-state index in [9.17, 15) is 9.59 Å². The highest BCUT2D eigenvalue weighted by atomic mass is 127. The minimum absolute atomic E-state index is 0.0343. The van der Waals surface area contributed by atoms with E-state index in [4.69, 9.17) is 4.74 Å². The van der Waals surface area contributed by atoms with Gasteiger partial charge in [0.25, 0.3) is 0 Å². The lowest BCUT2D eigenvalue weighted by atomic mass is 10.3. The van der Waals surface area contributed by atoms with Crippen molar-refractivity contribution >= 4 is 32.5 Å². The second kappa shape index (κ2) is 5.38.